The smallest absolute Gasteiger partial charge is 0.341 e. The standard InChI is InChI=1S/C12H15N3O5/c16-8-10-6-14(7-10)15(18)13-20-9-19-12(17)11-4-2-1-3-5-11/h1-5,10,16H,6-9H2. The lowest BCUT2D eigenvalue weighted by Gasteiger charge is -2.32. The van der Waals surface area contributed by atoms with Crippen LogP contribution in [-0.4, -0.2) is 47.5 Å². The van der Waals surface area contributed by atoms with Gasteiger partial charge in [-0.2, -0.15) is 0 Å². The van der Waals surface area contributed by atoms with E-state index in [2.05, 4.69) is 10.1 Å². The third-order valence-electron chi connectivity index (χ3n) is 2.82. The summed E-state index contributed by atoms with van der Waals surface area (Å²) in [5, 5.41) is 24.7. The van der Waals surface area contributed by atoms with Gasteiger partial charge in [-0.25, -0.2) is 4.79 Å². The molecule has 8 heteroatoms. The van der Waals surface area contributed by atoms with Gasteiger partial charge in [-0.15, -0.1) is 5.01 Å². The number of carbonyl (C=O) groups is 1. The molecule has 0 aliphatic carbocycles. The van der Waals surface area contributed by atoms with E-state index in [0.717, 1.165) is 0 Å². The van der Waals surface area contributed by atoms with Crippen LogP contribution in [0.15, 0.2) is 35.6 Å². The highest BCUT2D eigenvalue weighted by molar-refractivity contribution is 5.89. The minimum Gasteiger partial charge on any atom is -0.569 e. The Morgan fingerprint density at radius 2 is 2.15 bits per heavy atom. The van der Waals surface area contributed by atoms with Crippen molar-refractivity contribution in [3.63, 3.8) is 0 Å². The third kappa shape index (κ3) is 3.58. The van der Waals surface area contributed by atoms with Crippen LogP contribution in [0.3, 0.4) is 0 Å². The van der Waals surface area contributed by atoms with E-state index in [1.54, 1.807) is 30.3 Å². The number of aliphatic hydroxyl groups excluding tert-OH is 1. The van der Waals surface area contributed by atoms with Crippen LogP contribution in [-0.2, 0) is 9.57 Å². The first kappa shape index (κ1) is 14.1. The summed E-state index contributed by atoms with van der Waals surface area (Å²) in [4.78, 5) is 16.4. The molecule has 1 fully saturated rings. The van der Waals surface area contributed by atoms with Crippen LogP contribution in [0.4, 0.5) is 0 Å². The summed E-state index contributed by atoms with van der Waals surface area (Å²) >= 11 is 0. The first-order valence-electron chi connectivity index (χ1n) is 6.08. The second-order valence-electron chi connectivity index (χ2n) is 4.30. The SMILES string of the molecule is O=C(OCON=[N+]([O-])N1CC(CO)C1)c1ccccc1. The van der Waals surface area contributed by atoms with E-state index in [1.165, 1.54) is 5.01 Å². The molecule has 0 unspecified atom stereocenters. The first-order valence-corrected chi connectivity index (χ1v) is 6.08. The molecular weight excluding hydrogens is 266 g/mol. The van der Waals surface area contributed by atoms with E-state index in [9.17, 15) is 10.0 Å². The number of aliphatic hydroxyl groups is 1. The number of nitrogens with zero attached hydrogens (tertiary/aromatic N) is 3. The van der Waals surface area contributed by atoms with Gasteiger partial charge in [0.1, 0.15) is 0 Å². The van der Waals surface area contributed by atoms with Crippen molar-refractivity contribution in [1.29, 1.82) is 0 Å². The predicted molar refractivity (Wildman–Crippen MR) is 66.0 cm³/mol. The summed E-state index contributed by atoms with van der Waals surface area (Å²) < 4.78 is 4.77. The van der Waals surface area contributed by atoms with E-state index >= 15 is 0 Å². The van der Waals surface area contributed by atoms with Gasteiger partial charge in [-0.1, -0.05) is 18.2 Å². The number of hydrogen-bond donors (Lipinski definition) is 1. The molecule has 1 N–H and O–H groups in total. The van der Waals surface area contributed by atoms with Gasteiger partial charge in [-0.05, 0) is 12.1 Å². The normalized spacial score (nSPS) is 15.7. The number of hydrogen-bond acceptors (Lipinski definition) is 6. The minimum absolute atomic E-state index is 0.0416. The van der Waals surface area contributed by atoms with Gasteiger partial charge in [0.05, 0.1) is 23.6 Å². The highest BCUT2D eigenvalue weighted by Crippen LogP contribution is 2.14. The average molecular weight is 281 g/mol. The van der Waals surface area contributed by atoms with E-state index in [-0.39, 0.29) is 17.5 Å². The molecule has 20 heavy (non-hydrogen) atoms. The van der Waals surface area contributed by atoms with Crippen LogP contribution in [0.5, 0.6) is 0 Å². The Balaban J connectivity index is 1.67. The Kier molecular flexibility index (Phi) is 4.72. The molecule has 1 aromatic rings. The van der Waals surface area contributed by atoms with Crippen molar-refractivity contribution in [3.8, 4) is 0 Å². The summed E-state index contributed by atoms with van der Waals surface area (Å²) in [5.41, 5.74) is 0.392. The van der Waals surface area contributed by atoms with Crippen LogP contribution in [0.2, 0.25) is 0 Å². The molecule has 1 aromatic carbocycles. The number of benzene rings is 1. The fourth-order valence-electron chi connectivity index (χ4n) is 1.66. The molecular formula is C12H15N3O5. The average Bonchev–Trinajstić information content (AvgIpc) is 2.43. The molecule has 2 rings (SSSR count). The molecule has 1 heterocycles. The molecule has 0 bridgehead atoms. The Bertz CT molecular complexity index is 473. The molecule has 1 saturated heterocycles. The third-order valence-corrected chi connectivity index (χ3v) is 2.82. The van der Waals surface area contributed by atoms with Crippen molar-refractivity contribution in [3.05, 3.63) is 41.1 Å². The summed E-state index contributed by atoms with van der Waals surface area (Å²) in [5.74, 6) is -0.458. The van der Waals surface area contributed by atoms with Crippen molar-refractivity contribution < 1.29 is 24.4 Å². The van der Waals surface area contributed by atoms with Crippen molar-refractivity contribution in [1.82, 2.24) is 5.01 Å². The molecule has 0 radical (unpaired) electrons. The first-order chi connectivity index (χ1) is 9.70. The molecule has 0 saturated carbocycles. The Labute approximate surface area is 115 Å². The Morgan fingerprint density at radius 1 is 1.45 bits per heavy atom. The van der Waals surface area contributed by atoms with Crippen LogP contribution < -0.4 is 0 Å². The van der Waals surface area contributed by atoms with Crippen LogP contribution in [0.25, 0.3) is 0 Å². The van der Waals surface area contributed by atoms with Gasteiger partial charge in [0.2, 0.25) is 5.28 Å². The zero-order valence-electron chi connectivity index (χ0n) is 10.7. The second kappa shape index (κ2) is 6.71. The van der Waals surface area contributed by atoms with Crippen molar-refractivity contribution >= 4 is 5.97 Å². The highest BCUT2D eigenvalue weighted by Gasteiger charge is 2.32. The summed E-state index contributed by atoms with van der Waals surface area (Å²) in [6, 6.07) is 8.42. The highest BCUT2D eigenvalue weighted by atomic mass is 16.8. The van der Waals surface area contributed by atoms with Gasteiger partial charge in [0.15, 0.2) is 0 Å². The topological polar surface area (TPSA) is 97.4 Å². The number of esters is 1. The Hall–Kier alpha value is -2.35. The van der Waals surface area contributed by atoms with Crippen molar-refractivity contribution in [2.24, 2.45) is 11.2 Å². The van der Waals surface area contributed by atoms with Gasteiger partial charge < -0.3 is 19.9 Å². The largest absolute Gasteiger partial charge is 0.569 e. The maximum Gasteiger partial charge on any atom is 0.341 e. The van der Waals surface area contributed by atoms with E-state index in [0.29, 0.717) is 18.7 Å². The van der Waals surface area contributed by atoms with Gasteiger partial charge >= 0.3 is 5.97 Å². The molecule has 0 amide bonds. The molecule has 108 valence electrons. The molecule has 0 spiro atoms. The molecule has 0 atom stereocenters. The minimum atomic E-state index is -0.553. The van der Waals surface area contributed by atoms with E-state index in [1.807, 2.05) is 0 Å². The maximum absolute atomic E-state index is 11.5. The van der Waals surface area contributed by atoms with Crippen molar-refractivity contribution in [2.75, 3.05) is 26.5 Å². The van der Waals surface area contributed by atoms with Gasteiger partial charge in [-0.3, -0.25) is 0 Å². The lowest BCUT2D eigenvalue weighted by Crippen LogP contribution is -2.51. The van der Waals surface area contributed by atoms with E-state index in [4.69, 9.17) is 9.84 Å². The quantitative estimate of drug-likeness (QED) is 0.204. The summed E-state index contributed by atoms with van der Waals surface area (Å²) in [6.45, 7) is 0.455. The second-order valence-corrected chi connectivity index (χ2v) is 4.30. The fourth-order valence-corrected chi connectivity index (χ4v) is 1.66. The lowest BCUT2D eigenvalue weighted by atomic mass is 10.0. The zero-order valence-corrected chi connectivity index (χ0v) is 10.7. The van der Waals surface area contributed by atoms with Gasteiger partial charge in [0, 0.05) is 12.5 Å². The number of carbonyl (C=O) groups excluding carboxylic acids is 1. The summed E-state index contributed by atoms with van der Waals surface area (Å²) in [7, 11) is 0. The van der Waals surface area contributed by atoms with E-state index < -0.39 is 12.8 Å². The number of ether oxygens (including phenoxy) is 1. The van der Waals surface area contributed by atoms with Gasteiger partial charge in [0.25, 0.3) is 6.79 Å². The lowest BCUT2D eigenvalue weighted by molar-refractivity contribution is -0.727. The fraction of sp³-hybridized carbons (Fsp3) is 0.417. The van der Waals surface area contributed by atoms with Crippen molar-refractivity contribution in [2.45, 2.75) is 0 Å². The van der Waals surface area contributed by atoms with Crippen LogP contribution in [0.1, 0.15) is 10.4 Å². The van der Waals surface area contributed by atoms with Crippen LogP contribution in [0, 0.1) is 11.1 Å². The maximum atomic E-state index is 11.5. The zero-order chi connectivity index (χ0) is 14.4. The molecule has 1 aliphatic heterocycles. The predicted octanol–water partition coefficient (Wildman–Crippen LogP) is 0.534. The number of hydrazine groups is 1. The molecule has 8 nitrogen and oxygen atoms in total. The number of rotatable bonds is 6. The van der Waals surface area contributed by atoms with Crippen LogP contribution >= 0.6 is 0 Å². The molecule has 0 aromatic heterocycles. The Morgan fingerprint density at radius 3 is 2.80 bits per heavy atom. The summed E-state index contributed by atoms with van der Waals surface area (Å²) in [6.07, 6.45) is 0. The molecule has 1 aliphatic rings. The monoisotopic (exact) mass is 281 g/mol.